The quantitative estimate of drug-likeness (QED) is 0.268. The first-order chi connectivity index (χ1) is 11.5. The third-order valence-electron chi connectivity index (χ3n) is 3.30. The molecular weight excluding hydrogens is 471 g/mol. The highest BCUT2D eigenvalue weighted by Gasteiger charge is 2.14. The van der Waals surface area contributed by atoms with Gasteiger partial charge in [-0.25, -0.2) is 13.1 Å². The molecule has 1 aromatic heterocycles. The summed E-state index contributed by atoms with van der Waals surface area (Å²) in [6, 6.07) is 13.4. The molecule has 0 bridgehead atoms. The maximum atomic E-state index is 12.0. The summed E-state index contributed by atoms with van der Waals surface area (Å²) in [6.07, 6.45) is 0. The lowest BCUT2D eigenvalue weighted by atomic mass is 10.2. The van der Waals surface area contributed by atoms with Crippen molar-refractivity contribution < 1.29 is 8.42 Å². The van der Waals surface area contributed by atoms with Crippen LogP contribution in [0, 0.1) is 0 Å². The van der Waals surface area contributed by atoms with Crippen LogP contribution < -0.4 is 10.0 Å². The summed E-state index contributed by atoms with van der Waals surface area (Å²) in [5.74, 6) is 0.717. The maximum absolute atomic E-state index is 12.0. The van der Waals surface area contributed by atoms with Gasteiger partial charge in [-0.05, 0) is 17.0 Å². The SMILES string of the molecule is CN=C(NCCNS(=O)(=O)c1cccs1)N(C)Cc1ccccc1.I. The highest BCUT2D eigenvalue weighted by Crippen LogP contribution is 2.14. The number of rotatable bonds is 7. The summed E-state index contributed by atoms with van der Waals surface area (Å²) in [5, 5.41) is 4.90. The molecule has 25 heavy (non-hydrogen) atoms. The van der Waals surface area contributed by atoms with Crippen LogP contribution in [-0.2, 0) is 16.6 Å². The zero-order valence-corrected chi connectivity index (χ0v) is 18.1. The molecule has 2 N–H and O–H groups in total. The average Bonchev–Trinajstić information content (AvgIpc) is 3.11. The topological polar surface area (TPSA) is 73.8 Å². The Balaban J connectivity index is 0.00000312. The van der Waals surface area contributed by atoms with Gasteiger partial charge in [0.25, 0.3) is 0 Å². The fraction of sp³-hybridized carbons (Fsp3) is 0.312. The Kier molecular flexibility index (Phi) is 9.39. The molecule has 6 nitrogen and oxygen atoms in total. The summed E-state index contributed by atoms with van der Waals surface area (Å²) >= 11 is 1.20. The molecule has 1 heterocycles. The van der Waals surface area contributed by atoms with Crippen LogP contribution in [-0.4, -0.2) is 46.5 Å². The van der Waals surface area contributed by atoms with Crippen LogP contribution in [0.4, 0.5) is 0 Å². The van der Waals surface area contributed by atoms with Gasteiger partial charge in [0.2, 0.25) is 10.0 Å². The number of nitrogens with one attached hydrogen (secondary N) is 2. The molecule has 0 spiro atoms. The minimum absolute atomic E-state index is 0. The number of thiophene rings is 1. The van der Waals surface area contributed by atoms with Gasteiger partial charge in [-0.1, -0.05) is 36.4 Å². The molecule has 0 fully saturated rings. The van der Waals surface area contributed by atoms with Crippen LogP contribution in [0.5, 0.6) is 0 Å². The molecule has 0 aliphatic carbocycles. The molecule has 0 atom stereocenters. The van der Waals surface area contributed by atoms with Gasteiger partial charge < -0.3 is 10.2 Å². The average molecular weight is 494 g/mol. The van der Waals surface area contributed by atoms with Gasteiger partial charge >= 0.3 is 0 Å². The van der Waals surface area contributed by atoms with Gasteiger partial charge in [-0.3, -0.25) is 4.99 Å². The Bertz CT molecular complexity index is 750. The smallest absolute Gasteiger partial charge is 0.250 e. The van der Waals surface area contributed by atoms with Crippen molar-refractivity contribution in [2.45, 2.75) is 10.8 Å². The first kappa shape index (κ1) is 21.9. The first-order valence-corrected chi connectivity index (χ1v) is 9.88. The number of aliphatic imine (C=N–C) groups is 1. The highest BCUT2D eigenvalue weighted by atomic mass is 127. The summed E-state index contributed by atoms with van der Waals surface area (Å²) in [7, 11) is 0.235. The standard InChI is InChI=1S/C16H22N4O2S2.HI/c1-17-16(20(2)13-14-7-4-3-5-8-14)18-10-11-19-24(21,22)15-9-6-12-23-15;/h3-9,12,19H,10-11,13H2,1-2H3,(H,17,18);1H. The summed E-state index contributed by atoms with van der Waals surface area (Å²) < 4.78 is 26.9. The van der Waals surface area contributed by atoms with E-state index in [1.807, 2.05) is 30.1 Å². The van der Waals surface area contributed by atoms with Crippen LogP contribution in [0.3, 0.4) is 0 Å². The second-order valence-electron chi connectivity index (χ2n) is 5.15. The molecule has 2 rings (SSSR count). The van der Waals surface area contributed by atoms with Crippen molar-refractivity contribution in [3.63, 3.8) is 0 Å². The lowest BCUT2D eigenvalue weighted by Crippen LogP contribution is -2.42. The largest absolute Gasteiger partial charge is 0.355 e. The fourth-order valence-corrected chi connectivity index (χ4v) is 4.23. The second kappa shape index (κ2) is 10.7. The molecule has 0 saturated carbocycles. The molecule has 1 aromatic carbocycles. The van der Waals surface area contributed by atoms with Crippen molar-refractivity contribution in [1.82, 2.24) is 14.9 Å². The minimum atomic E-state index is -3.42. The van der Waals surface area contributed by atoms with E-state index in [9.17, 15) is 8.42 Å². The molecule has 0 aliphatic rings. The highest BCUT2D eigenvalue weighted by molar-refractivity contribution is 14.0. The predicted molar refractivity (Wildman–Crippen MR) is 114 cm³/mol. The zero-order valence-electron chi connectivity index (χ0n) is 14.2. The summed E-state index contributed by atoms with van der Waals surface area (Å²) in [4.78, 5) is 6.21. The lowest BCUT2D eigenvalue weighted by Gasteiger charge is -2.22. The number of benzene rings is 1. The van der Waals surface area contributed by atoms with E-state index < -0.39 is 10.0 Å². The number of sulfonamides is 1. The number of halogens is 1. The van der Waals surface area contributed by atoms with Gasteiger partial charge in [0.1, 0.15) is 4.21 Å². The van der Waals surface area contributed by atoms with Crippen molar-refractivity contribution in [2.24, 2.45) is 4.99 Å². The molecular formula is C16H23IN4O2S2. The van der Waals surface area contributed by atoms with Crippen molar-refractivity contribution in [3.8, 4) is 0 Å². The molecule has 0 unspecified atom stereocenters. The number of nitrogens with zero attached hydrogens (tertiary/aromatic N) is 2. The molecule has 2 aromatic rings. The van der Waals surface area contributed by atoms with Gasteiger partial charge in [0.05, 0.1) is 0 Å². The summed E-state index contributed by atoms with van der Waals surface area (Å²) in [6.45, 7) is 1.47. The molecule has 9 heteroatoms. The normalized spacial score (nSPS) is 11.7. The third kappa shape index (κ3) is 6.92. The molecule has 0 saturated heterocycles. The van der Waals surface area contributed by atoms with E-state index in [-0.39, 0.29) is 24.0 Å². The molecule has 0 amide bonds. The fourth-order valence-electron chi connectivity index (χ4n) is 2.16. The second-order valence-corrected chi connectivity index (χ2v) is 8.09. The van der Waals surface area contributed by atoms with Gasteiger partial charge in [-0.2, -0.15) is 0 Å². The minimum Gasteiger partial charge on any atom is -0.355 e. The lowest BCUT2D eigenvalue weighted by molar-refractivity contribution is 0.477. The molecule has 138 valence electrons. The number of guanidine groups is 1. The van der Waals surface area contributed by atoms with E-state index >= 15 is 0 Å². The maximum Gasteiger partial charge on any atom is 0.250 e. The number of hydrogen-bond acceptors (Lipinski definition) is 4. The van der Waals surface area contributed by atoms with Crippen molar-refractivity contribution in [2.75, 3.05) is 27.2 Å². The summed E-state index contributed by atoms with van der Waals surface area (Å²) in [5.41, 5.74) is 1.18. The Morgan fingerprint density at radius 3 is 2.48 bits per heavy atom. The number of hydrogen-bond donors (Lipinski definition) is 2. The van der Waals surface area contributed by atoms with Gasteiger partial charge in [-0.15, -0.1) is 35.3 Å². The van der Waals surface area contributed by atoms with E-state index in [0.717, 1.165) is 6.54 Å². The first-order valence-electron chi connectivity index (χ1n) is 7.52. The molecule has 0 radical (unpaired) electrons. The van der Waals surface area contributed by atoms with Gasteiger partial charge in [0.15, 0.2) is 5.96 Å². The van der Waals surface area contributed by atoms with E-state index in [1.165, 1.54) is 16.9 Å². The zero-order chi connectivity index (χ0) is 17.4. The van der Waals surface area contributed by atoms with Crippen LogP contribution >= 0.6 is 35.3 Å². The predicted octanol–water partition coefficient (Wildman–Crippen LogP) is 2.35. The van der Waals surface area contributed by atoms with Crippen molar-refractivity contribution >= 4 is 51.3 Å². The van der Waals surface area contributed by atoms with Crippen molar-refractivity contribution in [1.29, 1.82) is 0 Å². The van der Waals surface area contributed by atoms with Gasteiger partial charge in [0, 0.05) is 33.7 Å². The Morgan fingerprint density at radius 2 is 1.88 bits per heavy atom. The van der Waals surface area contributed by atoms with E-state index in [4.69, 9.17) is 0 Å². The van der Waals surface area contributed by atoms with E-state index in [0.29, 0.717) is 23.3 Å². The monoisotopic (exact) mass is 494 g/mol. The third-order valence-corrected chi connectivity index (χ3v) is 6.15. The van der Waals surface area contributed by atoms with Crippen molar-refractivity contribution in [3.05, 3.63) is 53.4 Å². The van der Waals surface area contributed by atoms with E-state index in [2.05, 4.69) is 27.2 Å². The molecule has 0 aliphatic heterocycles. The van der Waals surface area contributed by atoms with Crippen LogP contribution in [0.25, 0.3) is 0 Å². The Morgan fingerprint density at radius 1 is 1.16 bits per heavy atom. The van der Waals surface area contributed by atoms with Crippen LogP contribution in [0.2, 0.25) is 0 Å². The Hall–Kier alpha value is -1.17. The Labute approximate surface area is 170 Å². The van der Waals surface area contributed by atoms with E-state index in [1.54, 1.807) is 24.6 Å². The van der Waals surface area contributed by atoms with Crippen LogP contribution in [0.1, 0.15) is 5.56 Å². The van der Waals surface area contributed by atoms with Crippen LogP contribution in [0.15, 0.2) is 57.0 Å².